The monoisotopic (exact) mass is 275 g/mol. The Morgan fingerprint density at radius 2 is 1.89 bits per heavy atom. The Morgan fingerprint density at radius 3 is 2.47 bits per heavy atom. The summed E-state index contributed by atoms with van der Waals surface area (Å²) in [5, 5.41) is 1.20. The van der Waals surface area contributed by atoms with Crippen LogP contribution in [0.25, 0.3) is 10.9 Å². The van der Waals surface area contributed by atoms with Crippen LogP contribution in [0.3, 0.4) is 0 Å². The highest BCUT2D eigenvalue weighted by molar-refractivity contribution is 5.77. The van der Waals surface area contributed by atoms with Crippen LogP contribution in [0.1, 0.15) is 6.92 Å². The first-order valence-electron chi connectivity index (χ1n) is 6.10. The second kappa shape index (κ2) is 7.54. The van der Waals surface area contributed by atoms with Gasteiger partial charge in [-0.15, -0.1) is 0 Å². The fraction of sp³-hybridized carbons (Fsp3) is 0.200. The molecule has 100 valence electrons. The van der Waals surface area contributed by atoms with Crippen molar-refractivity contribution in [1.82, 2.24) is 9.55 Å². The van der Waals surface area contributed by atoms with Crippen molar-refractivity contribution in [3.63, 3.8) is 0 Å². The molecule has 0 aliphatic carbocycles. The summed E-state index contributed by atoms with van der Waals surface area (Å²) >= 11 is 0. The third-order valence-corrected chi connectivity index (χ3v) is 2.70. The molecule has 0 fully saturated rings. The number of rotatable bonds is 1. The van der Waals surface area contributed by atoms with Crippen molar-refractivity contribution in [2.45, 2.75) is 13.5 Å². The molecule has 4 heteroatoms. The van der Waals surface area contributed by atoms with Gasteiger partial charge in [0.25, 0.3) is 0 Å². The molecule has 0 atom stereocenters. The van der Waals surface area contributed by atoms with Crippen molar-refractivity contribution in [3.8, 4) is 0 Å². The fourth-order valence-corrected chi connectivity index (χ4v) is 1.70. The van der Waals surface area contributed by atoms with E-state index < -0.39 is 0 Å². The number of para-hydroxylation sites is 1. The van der Waals surface area contributed by atoms with Crippen LogP contribution in [0.2, 0.25) is 0 Å². The summed E-state index contributed by atoms with van der Waals surface area (Å²) in [6.45, 7) is 3.18. The zero-order valence-electron chi connectivity index (χ0n) is 11.2. The minimum absolute atomic E-state index is 0. The highest BCUT2D eigenvalue weighted by Gasteiger charge is 1.92. The van der Waals surface area contributed by atoms with E-state index in [-0.39, 0.29) is 12.4 Å². The summed E-state index contributed by atoms with van der Waals surface area (Å²) in [6, 6.07) is 12.1. The number of imidazole rings is 1. The van der Waals surface area contributed by atoms with Crippen LogP contribution in [-0.2, 0) is 13.6 Å². The Labute approximate surface area is 119 Å². The fourth-order valence-electron chi connectivity index (χ4n) is 1.70. The maximum Gasteiger partial charge on any atom is 0.243 e. The molecule has 2 aromatic heterocycles. The number of hydrogen-bond acceptors (Lipinski definition) is 1. The van der Waals surface area contributed by atoms with E-state index in [1.807, 2.05) is 48.3 Å². The average molecular weight is 276 g/mol. The molecule has 2 heterocycles. The van der Waals surface area contributed by atoms with Crippen LogP contribution in [0, 0.1) is 0 Å². The smallest absolute Gasteiger partial charge is 0.243 e. The molecule has 0 spiro atoms. The van der Waals surface area contributed by atoms with Gasteiger partial charge in [-0.3, -0.25) is 4.98 Å². The minimum atomic E-state index is 0. The van der Waals surface area contributed by atoms with Crippen molar-refractivity contribution in [2.75, 3.05) is 0 Å². The number of hydrogen-bond donors (Lipinski definition) is 0. The maximum absolute atomic E-state index is 4.18. The second-order valence-electron chi connectivity index (χ2n) is 4.11. The molecule has 0 aliphatic rings. The molecule has 3 nitrogen and oxygen atoms in total. The number of halogens is 1. The van der Waals surface area contributed by atoms with E-state index in [4.69, 9.17) is 0 Å². The maximum atomic E-state index is 4.18. The lowest BCUT2D eigenvalue weighted by atomic mass is 10.2. The standard InChI is InChI=1S/C9H7N.C6H11N2.ClH/c1-2-6-9-8(4-1)5-3-7-10-9;1-3-8-5-4-7(2)6-8;/h1-7H;4-6H,3H2,1-2H3;1H/q;+1;/p-1. The van der Waals surface area contributed by atoms with Crippen molar-refractivity contribution in [1.29, 1.82) is 0 Å². The van der Waals surface area contributed by atoms with Crippen LogP contribution in [0.15, 0.2) is 61.3 Å². The molecule has 0 radical (unpaired) electrons. The van der Waals surface area contributed by atoms with Gasteiger partial charge < -0.3 is 12.4 Å². The summed E-state index contributed by atoms with van der Waals surface area (Å²) < 4.78 is 4.16. The Kier molecular flexibility index (Phi) is 6.03. The van der Waals surface area contributed by atoms with Gasteiger partial charge in [-0.1, -0.05) is 24.3 Å². The van der Waals surface area contributed by atoms with Crippen molar-refractivity contribution >= 4 is 10.9 Å². The zero-order chi connectivity index (χ0) is 12.8. The largest absolute Gasteiger partial charge is 1.00 e. The van der Waals surface area contributed by atoms with E-state index in [9.17, 15) is 0 Å². The molecule has 0 N–H and O–H groups in total. The van der Waals surface area contributed by atoms with Gasteiger partial charge in [0.15, 0.2) is 0 Å². The van der Waals surface area contributed by atoms with Crippen LogP contribution in [-0.4, -0.2) is 9.55 Å². The zero-order valence-corrected chi connectivity index (χ0v) is 12.0. The SMILES string of the molecule is CCn1cc[n+](C)c1.[Cl-].c1ccc2ncccc2c1. The third kappa shape index (κ3) is 4.38. The molecule has 0 saturated heterocycles. The highest BCUT2D eigenvalue weighted by Crippen LogP contribution is 2.07. The number of aromatic nitrogens is 3. The van der Waals surface area contributed by atoms with Crippen LogP contribution < -0.4 is 17.0 Å². The Balaban J connectivity index is 0.000000185. The molecule has 3 aromatic rings. The van der Waals surface area contributed by atoms with E-state index in [0.29, 0.717) is 0 Å². The molecule has 0 aliphatic heterocycles. The lowest BCUT2D eigenvalue weighted by Crippen LogP contribution is -3.00. The van der Waals surface area contributed by atoms with Gasteiger partial charge in [0.2, 0.25) is 6.33 Å². The summed E-state index contributed by atoms with van der Waals surface area (Å²) in [5.41, 5.74) is 1.06. The van der Waals surface area contributed by atoms with Crippen molar-refractivity contribution < 1.29 is 17.0 Å². The third-order valence-electron chi connectivity index (χ3n) is 2.70. The van der Waals surface area contributed by atoms with Crippen molar-refractivity contribution in [3.05, 3.63) is 61.3 Å². The van der Waals surface area contributed by atoms with Gasteiger partial charge in [0, 0.05) is 11.6 Å². The Morgan fingerprint density at radius 1 is 1.16 bits per heavy atom. The first kappa shape index (κ1) is 15.2. The second-order valence-corrected chi connectivity index (χ2v) is 4.11. The van der Waals surface area contributed by atoms with Crippen LogP contribution in [0.4, 0.5) is 0 Å². The average Bonchev–Trinajstić information content (AvgIpc) is 2.86. The lowest BCUT2D eigenvalue weighted by molar-refractivity contribution is -0.671. The Hall–Kier alpha value is -1.87. The molecule has 0 amide bonds. The molecule has 0 bridgehead atoms. The van der Waals surface area contributed by atoms with Crippen LogP contribution in [0.5, 0.6) is 0 Å². The quantitative estimate of drug-likeness (QED) is 0.553. The predicted octanol–water partition coefficient (Wildman–Crippen LogP) is -0.429. The van der Waals surface area contributed by atoms with Crippen molar-refractivity contribution in [2.24, 2.45) is 7.05 Å². The van der Waals surface area contributed by atoms with Crippen LogP contribution >= 0.6 is 0 Å². The van der Waals surface area contributed by atoms with Gasteiger partial charge in [-0.05, 0) is 19.1 Å². The molecule has 19 heavy (non-hydrogen) atoms. The number of fused-ring (bicyclic) bond motifs is 1. The number of benzene rings is 1. The van der Waals surface area contributed by atoms with Gasteiger partial charge in [0.05, 0.1) is 19.1 Å². The van der Waals surface area contributed by atoms with E-state index in [2.05, 4.69) is 41.1 Å². The normalized spacial score (nSPS) is 9.37. The summed E-state index contributed by atoms with van der Waals surface area (Å²) in [5.74, 6) is 0. The molecular formula is C15H18ClN3. The molecule has 0 unspecified atom stereocenters. The Bertz CT molecular complexity index is 554. The first-order valence-corrected chi connectivity index (χ1v) is 6.10. The molecule has 3 rings (SSSR count). The molecular weight excluding hydrogens is 258 g/mol. The summed E-state index contributed by atoms with van der Waals surface area (Å²) in [4.78, 5) is 4.18. The highest BCUT2D eigenvalue weighted by atomic mass is 35.5. The summed E-state index contributed by atoms with van der Waals surface area (Å²) in [6.07, 6.45) is 7.95. The number of nitrogens with zero attached hydrogens (tertiary/aromatic N) is 3. The van der Waals surface area contributed by atoms with E-state index >= 15 is 0 Å². The number of aryl methyl sites for hydroxylation is 2. The molecule has 0 saturated carbocycles. The first-order chi connectivity index (χ1) is 8.79. The van der Waals surface area contributed by atoms with E-state index in [0.717, 1.165) is 12.1 Å². The van der Waals surface area contributed by atoms with Gasteiger partial charge in [-0.25, -0.2) is 9.13 Å². The topological polar surface area (TPSA) is 21.7 Å². The minimum Gasteiger partial charge on any atom is -1.00 e. The van der Waals surface area contributed by atoms with E-state index in [1.165, 1.54) is 5.39 Å². The lowest BCUT2D eigenvalue weighted by Gasteiger charge is -1.91. The van der Waals surface area contributed by atoms with E-state index in [1.54, 1.807) is 0 Å². The van der Waals surface area contributed by atoms with Gasteiger partial charge in [-0.2, -0.15) is 0 Å². The number of pyridine rings is 1. The molecule has 1 aromatic carbocycles. The van der Waals surface area contributed by atoms with Gasteiger partial charge in [0.1, 0.15) is 12.4 Å². The summed E-state index contributed by atoms with van der Waals surface area (Å²) in [7, 11) is 2.02. The van der Waals surface area contributed by atoms with Gasteiger partial charge >= 0.3 is 0 Å². The predicted molar refractivity (Wildman–Crippen MR) is 73.0 cm³/mol.